The SMILES string of the molecule is c1ccc(-c2cccc(C3=NC(c4ccc(-c5ccccc5)cc4-n4c5ccccc5c5c(-c6cccc7c6c6ccccc6n7-c6ccccc6)cccc54)NC(c4cccc5c4oc4ccccc45)=N3)c2)cc1. The van der Waals surface area contributed by atoms with E-state index < -0.39 is 6.17 Å². The van der Waals surface area contributed by atoms with E-state index in [1.54, 1.807) is 0 Å². The number of para-hydroxylation sites is 5. The van der Waals surface area contributed by atoms with Crippen molar-refractivity contribution in [3.05, 3.63) is 278 Å². The summed E-state index contributed by atoms with van der Waals surface area (Å²) in [5, 5.41) is 10.8. The van der Waals surface area contributed by atoms with E-state index in [0.29, 0.717) is 11.7 Å². The second-order valence-corrected chi connectivity index (χ2v) is 19.3. The molecule has 0 saturated heterocycles. The second-order valence-electron chi connectivity index (χ2n) is 19.3. The number of nitrogens with zero attached hydrogens (tertiary/aromatic N) is 4. The Morgan fingerprint density at radius 1 is 0.373 bits per heavy atom. The molecule has 1 unspecified atom stereocenters. The third-order valence-electron chi connectivity index (χ3n) is 15.0. The van der Waals surface area contributed by atoms with Crippen molar-refractivity contribution in [1.29, 1.82) is 0 Å². The molecule has 4 heterocycles. The van der Waals surface area contributed by atoms with Crippen LogP contribution in [0.1, 0.15) is 22.9 Å². The molecule has 0 fully saturated rings. The molecule has 352 valence electrons. The number of aromatic nitrogens is 2. The van der Waals surface area contributed by atoms with Crippen LogP contribution in [0.3, 0.4) is 0 Å². The van der Waals surface area contributed by atoms with Crippen LogP contribution < -0.4 is 5.32 Å². The zero-order valence-electron chi connectivity index (χ0n) is 40.6. The van der Waals surface area contributed by atoms with E-state index >= 15 is 0 Å². The molecule has 6 nitrogen and oxygen atoms in total. The second kappa shape index (κ2) is 17.3. The average molecular weight is 960 g/mol. The summed E-state index contributed by atoms with van der Waals surface area (Å²) in [6, 6.07) is 93.0. The van der Waals surface area contributed by atoms with Gasteiger partial charge in [-0.1, -0.05) is 200 Å². The van der Waals surface area contributed by atoms with Gasteiger partial charge in [0.25, 0.3) is 0 Å². The standard InChI is InChI=1S/C69H45N5O/c1-4-20-44(21-5-1)46-24-16-25-48(42-46)67-70-68(72-69(71-67)57-34-17-33-53-50-28-12-15-39-63(50)75-66(53)57)56-41-40-47(45-22-6-2-7-23-45)43-62(56)74-59-36-14-11-30-55(59)65-52(32-19-38-61(65)74)51-31-18-37-60-64(51)54-29-10-13-35-58(54)73(60)49-26-8-3-9-27-49/h1-43,68H,(H,70,71,72). The fraction of sp³-hybridized carbons (Fsp3) is 0.0145. The van der Waals surface area contributed by atoms with Gasteiger partial charge in [0.05, 0.1) is 33.3 Å². The molecule has 6 heteroatoms. The van der Waals surface area contributed by atoms with Crippen LogP contribution >= 0.6 is 0 Å². The number of fused-ring (bicyclic) bond motifs is 9. The van der Waals surface area contributed by atoms with Crippen molar-refractivity contribution in [2.24, 2.45) is 9.98 Å². The maximum atomic E-state index is 6.70. The highest BCUT2D eigenvalue weighted by Crippen LogP contribution is 2.45. The predicted octanol–water partition coefficient (Wildman–Crippen LogP) is 17.3. The molecule has 0 radical (unpaired) electrons. The summed E-state index contributed by atoms with van der Waals surface area (Å²) >= 11 is 0. The lowest BCUT2D eigenvalue weighted by Gasteiger charge is -2.26. The summed E-state index contributed by atoms with van der Waals surface area (Å²) in [5.74, 6) is 1.31. The fourth-order valence-corrected chi connectivity index (χ4v) is 11.7. The van der Waals surface area contributed by atoms with Gasteiger partial charge in [-0.2, -0.15) is 0 Å². The van der Waals surface area contributed by atoms with Gasteiger partial charge in [0.15, 0.2) is 5.84 Å². The van der Waals surface area contributed by atoms with Gasteiger partial charge in [-0.3, -0.25) is 0 Å². The van der Waals surface area contributed by atoms with E-state index in [0.717, 1.165) is 83.3 Å². The Morgan fingerprint density at radius 3 is 1.59 bits per heavy atom. The van der Waals surface area contributed by atoms with Crippen molar-refractivity contribution in [3.63, 3.8) is 0 Å². The largest absolute Gasteiger partial charge is 0.455 e. The highest BCUT2D eigenvalue weighted by molar-refractivity contribution is 6.23. The number of hydrogen-bond donors (Lipinski definition) is 1. The molecule has 11 aromatic carbocycles. The summed E-state index contributed by atoms with van der Waals surface area (Å²) in [6.45, 7) is 0. The molecule has 0 aliphatic carbocycles. The molecule has 15 rings (SSSR count). The zero-order valence-corrected chi connectivity index (χ0v) is 40.6. The van der Waals surface area contributed by atoms with Gasteiger partial charge in [-0.15, -0.1) is 0 Å². The minimum Gasteiger partial charge on any atom is -0.455 e. The third kappa shape index (κ3) is 6.95. The number of nitrogens with one attached hydrogen (secondary N) is 1. The zero-order chi connectivity index (χ0) is 49.4. The summed E-state index contributed by atoms with van der Waals surface area (Å²) in [5.41, 5.74) is 17.9. The molecule has 1 atom stereocenters. The highest BCUT2D eigenvalue weighted by Gasteiger charge is 2.29. The molecule has 3 aromatic heterocycles. The smallest absolute Gasteiger partial charge is 0.159 e. The molecule has 75 heavy (non-hydrogen) atoms. The molecule has 14 aromatic rings. The first-order chi connectivity index (χ1) is 37.2. The highest BCUT2D eigenvalue weighted by atomic mass is 16.3. The Balaban J connectivity index is 0.975. The number of furan rings is 1. The molecular formula is C69H45N5O. The summed E-state index contributed by atoms with van der Waals surface area (Å²) in [4.78, 5) is 11.0. The lowest BCUT2D eigenvalue weighted by atomic mass is 9.95. The van der Waals surface area contributed by atoms with Gasteiger partial charge in [-0.25, -0.2) is 9.98 Å². The van der Waals surface area contributed by atoms with Crippen molar-refractivity contribution >= 4 is 77.2 Å². The first-order valence-electron chi connectivity index (χ1n) is 25.5. The average Bonchev–Trinajstić information content (AvgIpc) is 4.21. The van der Waals surface area contributed by atoms with Gasteiger partial charge in [-0.05, 0) is 94.0 Å². The quantitative estimate of drug-likeness (QED) is 0.165. The first-order valence-corrected chi connectivity index (χ1v) is 25.5. The maximum Gasteiger partial charge on any atom is 0.159 e. The monoisotopic (exact) mass is 959 g/mol. The van der Waals surface area contributed by atoms with Crippen LogP contribution in [0.5, 0.6) is 0 Å². The number of benzene rings is 11. The molecule has 0 bridgehead atoms. The number of hydrogen-bond acceptors (Lipinski definition) is 4. The summed E-state index contributed by atoms with van der Waals surface area (Å²) < 4.78 is 11.6. The van der Waals surface area contributed by atoms with Gasteiger partial charge >= 0.3 is 0 Å². The van der Waals surface area contributed by atoms with E-state index in [9.17, 15) is 0 Å². The molecular weight excluding hydrogens is 915 g/mol. The van der Waals surface area contributed by atoms with E-state index in [2.05, 4.69) is 263 Å². The lowest BCUT2D eigenvalue weighted by Crippen LogP contribution is -2.34. The van der Waals surface area contributed by atoms with E-state index in [1.165, 1.54) is 43.7 Å². The Morgan fingerprint density at radius 2 is 0.880 bits per heavy atom. The molecule has 1 aliphatic rings. The van der Waals surface area contributed by atoms with Crippen molar-refractivity contribution in [2.45, 2.75) is 6.17 Å². The van der Waals surface area contributed by atoms with E-state index in [4.69, 9.17) is 14.4 Å². The lowest BCUT2D eigenvalue weighted by molar-refractivity contribution is 0.658. The van der Waals surface area contributed by atoms with Crippen LogP contribution in [-0.2, 0) is 0 Å². The number of aliphatic imine (C=N–C) groups is 2. The fourth-order valence-electron chi connectivity index (χ4n) is 11.7. The van der Waals surface area contributed by atoms with E-state index in [1.807, 2.05) is 12.1 Å². The normalized spacial score (nSPS) is 13.7. The Hall–Kier alpha value is -10.0. The molecule has 0 saturated carbocycles. The maximum absolute atomic E-state index is 6.70. The predicted molar refractivity (Wildman–Crippen MR) is 311 cm³/mol. The minimum absolute atomic E-state index is 0.565. The van der Waals surface area contributed by atoms with Crippen molar-refractivity contribution < 1.29 is 4.42 Å². The Labute approximate surface area is 432 Å². The van der Waals surface area contributed by atoms with Crippen molar-refractivity contribution in [3.8, 4) is 44.8 Å². The van der Waals surface area contributed by atoms with Gasteiger partial charge in [0.1, 0.15) is 23.2 Å². The van der Waals surface area contributed by atoms with Crippen LogP contribution in [-0.4, -0.2) is 20.8 Å². The van der Waals surface area contributed by atoms with Crippen LogP contribution in [0, 0.1) is 0 Å². The van der Waals surface area contributed by atoms with Crippen LogP contribution in [0.25, 0.3) is 110 Å². The minimum atomic E-state index is -0.565. The number of amidine groups is 2. The topological polar surface area (TPSA) is 59.8 Å². The van der Waals surface area contributed by atoms with Crippen molar-refractivity contribution in [1.82, 2.24) is 14.5 Å². The molecule has 1 N–H and O–H groups in total. The summed E-state index contributed by atoms with van der Waals surface area (Å²) in [6.07, 6.45) is -0.565. The van der Waals surface area contributed by atoms with Gasteiger partial charge in [0, 0.05) is 49.1 Å². The molecule has 1 aliphatic heterocycles. The molecule has 0 spiro atoms. The van der Waals surface area contributed by atoms with Gasteiger partial charge < -0.3 is 18.9 Å². The number of rotatable bonds is 8. The van der Waals surface area contributed by atoms with E-state index in [-0.39, 0.29) is 0 Å². The Kier molecular flexibility index (Phi) is 9.85. The van der Waals surface area contributed by atoms with Crippen LogP contribution in [0.4, 0.5) is 0 Å². The third-order valence-corrected chi connectivity index (χ3v) is 15.0. The van der Waals surface area contributed by atoms with Crippen LogP contribution in [0.15, 0.2) is 275 Å². The summed E-state index contributed by atoms with van der Waals surface area (Å²) in [7, 11) is 0. The van der Waals surface area contributed by atoms with Crippen molar-refractivity contribution in [2.75, 3.05) is 0 Å². The molecule has 0 amide bonds. The first kappa shape index (κ1) is 42.6. The van der Waals surface area contributed by atoms with Gasteiger partial charge in [0.2, 0.25) is 0 Å². The van der Waals surface area contributed by atoms with Crippen LogP contribution in [0.2, 0.25) is 0 Å². The Bertz CT molecular complexity index is 4620.